The third-order valence-corrected chi connectivity index (χ3v) is 3.34. The van der Waals surface area contributed by atoms with Crippen LogP contribution in [0.1, 0.15) is 31.4 Å². The van der Waals surface area contributed by atoms with Crippen LogP contribution in [0, 0.1) is 0 Å². The Morgan fingerprint density at radius 2 is 2.20 bits per heavy atom. The second-order valence-corrected chi connectivity index (χ2v) is 4.83. The van der Waals surface area contributed by atoms with Gasteiger partial charge in [-0.15, -0.1) is 0 Å². The number of aliphatic hydroxyl groups is 1. The van der Waals surface area contributed by atoms with E-state index in [1.165, 1.54) is 4.90 Å². The van der Waals surface area contributed by atoms with E-state index in [2.05, 4.69) is 0 Å². The number of carbonyl (C=O) groups excluding carboxylic acids is 1. The molecule has 0 saturated heterocycles. The molecule has 2 atom stereocenters. The monoisotopic (exact) mass is 279 g/mol. The lowest BCUT2D eigenvalue weighted by Gasteiger charge is -2.30. The standard InChI is InChI=1S/C14H17NO5/c1-8-14(19)15(2)10-7-9(3-5-12(10)20-8)11(16)4-6-13(17)18/h3,5,7-8,11,16H,4,6H2,1-2H3,(H,17,18). The summed E-state index contributed by atoms with van der Waals surface area (Å²) in [4.78, 5) is 23.8. The first-order chi connectivity index (χ1) is 9.40. The molecule has 1 aliphatic heterocycles. The first-order valence-corrected chi connectivity index (χ1v) is 6.38. The van der Waals surface area contributed by atoms with Gasteiger partial charge in [0.25, 0.3) is 5.91 Å². The largest absolute Gasteiger partial charge is 0.481 e. The number of aliphatic hydroxyl groups excluding tert-OH is 1. The minimum atomic E-state index is -0.952. The minimum absolute atomic E-state index is 0.111. The zero-order valence-corrected chi connectivity index (χ0v) is 11.4. The van der Waals surface area contributed by atoms with Crippen LogP contribution in [0.3, 0.4) is 0 Å². The predicted octanol–water partition coefficient (Wildman–Crippen LogP) is 1.33. The number of carbonyl (C=O) groups is 2. The van der Waals surface area contributed by atoms with E-state index < -0.39 is 18.2 Å². The SMILES string of the molecule is CC1Oc2ccc(C(O)CCC(=O)O)cc2N(C)C1=O. The number of anilines is 1. The lowest BCUT2D eigenvalue weighted by Crippen LogP contribution is -2.42. The molecule has 1 aliphatic rings. The van der Waals surface area contributed by atoms with Gasteiger partial charge < -0.3 is 19.8 Å². The number of carboxylic acid groups (broad SMARTS) is 1. The number of ether oxygens (including phenoxy) is 1. The lowest BCUT2D eigenvalue weighted by molar-refractivity contribution is -0.137. The topological polar surface area (TPSA) is 87.1 Å². The molecule has 0 saturated carbocycles. The molecule has 6 nitrogen and oxygen atoms in total. The van der Waals surface area contributed by atoms with Gasteiger partial charge in [0.15, 0.2) is 6.10 Å². The Hall–Kier alpha value is -2.08. The number of nitrogens with zero attached hydrogens (tertiary/aromatic N) is 1. The molecule has 0 bridgehead atoms. The van der Waals surface area contributed by atoms with Crippen molar-refractivity contribution in [3.05, 3.63) is 23.8 Å². The number of rotatable bonds is 4. The predicted molar refractivity (Wildman–Crippen MR) is 71.8 cm³/mol. The summed E-state index contributed by atoms with van der Waals surface area (Å²) in [5, 5.41) is 18.6. The minimum Gasteiger partial charge on any atom is -0.481 e. The number of amides is 1. The highest BCUT2D eigenvalue weighted by Crippen LogP contribution is 2.35. The summed E-state index contributed by atoms with van der Waals surface area (Å²) in [6, 6.07) is 5.03. The molecule has 20 heavy (non-hydrogen) atoms. The van der Waals surface area contributed by atoms with E-state index in [0.717, 1.165) is 0 Å². The van der Waals surface area contributed by atoms with Crippen molar-refractivity contribution >= 4 is 17.6 Å². The Bertz CT molecular complexity index is 542. The van der Waals surface area contributed by atoms with Crippen molar-refractivity contribution in [1.82, 2.24) is 0 Å². The van der Waals surface area contributed by atoms with Crippen molar-refractivity contribution in [3.63, 3.8) is 0 Å². The molecule has 108 valence electrons. The van der Waals surface area contributed by atoms with Crippen LogP contribution < -0.4 is 9.64 Å². The Kier molecular flexibility index (Phi) is 3.94. The van der Waals surface area contributed by atoms with Gasteiger partial charge in [0.2, 0.25) is 0 Å². The van der Waals surface area contributed by atoms with Gasteiger partial charge in [0.1, 0.15) is 5.75 Å². The third kappa shape index (κ3) is 2.75. The van der Waals surface area contributed by atoms with Gasteiger partial charge in [0, 0.05) is 13.5 Å². The lowest BCUT2D eigenvalue weighted by atomic mass is 10.0. The fraction of sp³-hybridized carbons (Fsp3) is 0.429. The van der Waals surface area contributed by atoms with Crippen LogP contribution in [0.25, 0.3) is 0 Å². The van der Waals surface area contributed by atoms with Crippen LogP contribution in [0.15, 0.2) is 18.2 Å². The summed E-state index contributed by atoms with van der Waals surface area (Å²) in [6.07, 6.45) is -1.39. The number of fused-ring (bicyclic) bond motifs is 1. The molecule has 2 N–H and O–H groups in total. The van der Waals surface area contributed by atoms with Gasteiger partial charge >= 0.3 is 5.97 Å². The maximum absolute atomic E-state index is 11.8. The maximum Gasteiger partial charge on any atom is 0.303 e. The second kappa shape index (κ2) is 5.50. The molecule has 1 aromatic rings. The summed E-state index contributed by atoms with van der Waals surface area (Å²) >= 11 is 0. The molecule has 0 aromatic heterocycles. The zero-order valence-electron chi connectivity index (χ0n) is 11.4. The molecule has 6 heteroatoms. The third-order valence-electron chi connectivity index (χ3n) is 3.34. The molecule has 0 radical (unpaired) electrons. The number of hydrogen-bond donors (Lipinski definition) is 2. The van der Waals surface area contributed by atoms with E-state index in [1.807, 2.05) is 0 Å². The van der Waals surface area contributed by atoms with Crippen LogP contribution in [0.4, 0.5) is 5.69 Å². The molecule has 1 heterocycles. The van der Waals surface area contributed by atoms with Crippen molar-refractivity contribution in [1.29, 1.82) is 0 Å². The normalized spacial score (nSPS) is 19.2. The number of benzene rings is 1. The van der Waals surface area contributed by atoms with E-state index in [-0.39, 0.29) is 18.7 Å². The molecule has 1 aromatic carbocycles. The van der Waals surface area contributed by atoms with Gasteiger partial charge in [-0.05, 0) is 31.0 Å². The number of carboxylic acids is 1. The molecular formula is C14H17NO5. The Morgan fingerprint density at radius 3 is 2.85 bits per heavy atom. The van der Waals surface area contributed by atoms with Crippen LogP contribution >= 0.6 is 0 Å². The number of aliphatic carboxylic acids is 1. The first kappa shape index (κ1) is 14.3. The van der Waals surface area contributed by atoms with E-state index in [0.29, 0.717) is 17.0 Å². The van der Waals surface area contributed by atoms with E-state index >= 15 is 0 Å². The molecule has 2 rings (SSSR count). The molecule has 2 unspecified atom stereocenters. The molecular weight excluding hydrogens is 262 g/mol. The first-order valence-electron chi connectivity index (χ1n) is 6.38. The summed E-state index contributed by atoms with van der Waals surface area (Å²) in [6.45, 7) is 1.68. The van der Waals surface area contributed by atoms with Crippen LogP contribution in [-0.4, -0.2) is 35.2 Å². The van der Waals surface area contributed by atoms with Gasteiger partial charge in [-0.1, -0.05) is 6.07 Å². The molecule has 1 amide bonds. The van der Waals surface area contributed by atoms with Crippen molar-refractivity contribution in [2.45, 2.75) is 32.0 Å². The van der Waals surface area contributed by atoms with Crippen LogP contribution in [0.2, 0.25) is 0 Å². The molecule has 0 spiro atoms. The average Bonchev–Trinajstić information content (AvgIpc) is 2.42. The highest BCUT2D eigenvalue weighted by Gasteiger charge is 2.29. The van der Waals surface area contributed by atoms with Crippen molar-refractivity contribution < 1.29 is 24.5 Å². The van der Waals surface area contributed by atoms with E-state index in [9.17, 15) is 14.7 Å². The average molecular weight is 279 g/mol. The Morgan fingerprint density at radius 1 is 1.50 bits per heavy atom. The smallest absolute Gasteiger partial charge is 0.303 e. The van der Waals surface area contributed by atoms with E-state index in [1.54, 1.807) is 32.2 Å². The highest BCUT2D eigenvalue weighted by atomic mass is 16.5. The van der Waals surface area contributed by atoms with Crippen molar-refractivity contribution in [2.24, 2.45) is 0 Å². The van der Waals surface area contributed by atoms with Crippen molar-refractivity contribution in [2.75, 3.05) is 11.9 Å². The van der Waals surface area contributed by atoms with E-state index in [4.69, 9.17) is 9.84 Å². The van der Waals surface area contributed by atoms with Crippen molar-refractivity contribution in [3.8, 4) is 5.75 Å². The maximum atomic E-state index is 11.8. The summed E-state index contributed by atoms with van der Waals surface area (Å²) in [5.74, 6) is -0.532. The quantitative estimate of drug-likeness (QED) is 0.868. The summed E-state index contributed by atoms with van der Waals surface area (Å²) < 4.78 is 5.48. The highest BCUT2D eigenvalue weighted by molar-refractivity contribution is 5.99. The molecule has 0 aliphatic carbocycles. The van der Waals surface area contributed by atoms with Crippen LogP contribution in [0.5, 0.6) is 5.75 Å². The Labute approximate surface area is 116 Å². The van der Waals surface area contributed by atoms with Gasteiger partial charge in [-0.3, -0.25) is 9.59 Å². The molecule has 0 fully saturated rings. The van der Waals surface area contributed by atoms with Crippen LogP contribution in [-0.2, 0) is 9.59 Å². The second-order valence-electron chi connectivity index (χ2n) is 4.83. The fourth-order valence-electron chi connectivity index (χ4n) is 2.16. The zero-order chi connectivity index (χ0) is 14.9. The Balaban J connectivity index is 2.23. The summed E-state index contributed by atoms with van der Waals surface area (Å²) in [5.41, 5.74) is 1.16. The summed E-state index contributed by atoms with van der Waals surface area (Å²) in [7, 11) is 1.65. The number of hydrogen-bond acceptors (Lipinski definition) is 4. The van der Waals surface area contributed by atoms with Gasteiger partial charge in [0.05, 0.1) is 11.8 Å². The number of likely N-dealkylation sites (N-methyl/N-ethyl adjacent to an activating group) is 1. The van der Waals surface area contributed by atoms with Gasteiger partial charge in [-0.25, -0.2) is 0 Å². The van der Waals surface area contributed by atoms with Gasteiger partial charge in [-0.2, -0.15) is 0 Å². The fourth-order valence-corrected chi connectivity index (χ4v) is 2.16.